The number of furan rings is 1. The lowest BCUT2D eigenvalue weighted by atomic mass is 10.0. The molecule has 5 rings (SSSR count). The molecule has 0 saturated heterocycles. The van der Waals surface area contributed by atoms with E-state index in [2.05, 4.69) is 62.1 Å². The molecule has 0 radical (unpaired) electrons. The van der Waals surface area contributed by atoms with Crippen LogP contribution in [-0.2, 0) is 0 Å². The summed E-state index contributed by atoms with van der Waals surface area (Å²) in [7, 11) is -0.980. The molecular weight excluding hydrogens is 393 g/mol. The number of hydrogen-bond acceptors (Lipinski definition) is 2. The number of rotatable bonds is 2. The van der Waals surface area contributed by atoms with Gasteiger partial charge in [-0.1, -0.05) is 18.2 Å². The first-order chi connectivity index (χ1) is 14.2. The molecule has 0 aliphatic rings. The average molecular weight is 418 g/mol. The van der Waals surface area contributed by atoms with Gasteiger partial charge in [-0.05, 0) is 74.6 Å². The summed E-state index contributed by atoms with van der Waals surface area (Å²) in [6, 6.07) is 18.1. The Bertz CT molecular complexity index is 1460. The number of pyridine rings is 1. The van der Waals surface area contributed by atoms with Gasteiger partial charge in [0.25, 0.3) is 0 Å². The molecule has 0 fully saturated rings. The fourth-order valence-corrected chi connectivity index (χ4v) is 5.47. The van der Waals surface area contributed by atoms with Crippen molar-refractivity contribution in [3.63, 3.8) is 0 Å². The average Bonchev–Trinajstić information content (AvgIpc) is 3.07. The van der Waals surface area contributed by atoms with Crippen LogP contribution in [0.5, 0.6) is 0 Å². The van der Waals surface area contributed by atoms with E-state index in [1.807, 2.05) is 12.1 Å². The number of nitrogens with zero attached hydrogens (tertiary/aromatic N) is 1. The highest BCUT2D eigenvalue weighted by Crippen LogP contribution is 2.50. The van der Waals surface area contributed by atoms with Gasteiger partial charge in [-0.15, -0.1) is 0 Å². The predicted octanol–water partition coefficient (Wildman–Crippen LogP) is 7.61. The summed E-state index contributed by atoms with van der Waals surface area (Å²) in [5.41, 5.74) is 5.88. The summed E-state index contributed by atoms with van der Waals surface area (Å²) >= 11 is 0. The Morgan fingerprint density at radius 3 is 2.37 bits per heavy atom. The van der Waals surface area contributed by atoms with E-state index in [4.69, 9.17) is 9.40 Å². The Balaban J connectivity index is 1.90. The Kier molecular flexibility index (Phi) is 4.19. The summed E-state index contributed by atoms with van der Waals surface area (Å²) in [5.74, 6) is -0.248. The second-order valence-corrected chi connectivity index (χ2v) is 12.8. The molecule has 2 aromatic heterocycles. The zero-order valence-electron chi connectivity index (χ0n) is 17.8. The van der Waals surface area contributed by atoms with Gasteiger partial charge in [-0.3, -0.25) is 0 Å². The third-order valence-corrected chi connectivity index (χ3v) is 7.34. The van der Waals surface area contributed by atoms with Gasteiger partial charge >= 0.3 is 0 Å². The van der Waals surface area contributed by atoms with Crippen LogP contribution in [0.3, 0.4) is 0 Å². The van der Waals surface area contributed by atoms with Crippen LogP contribution >= 0.6 is 10.0 Å². The summed E-state index contributed by atoms with van der Waals surface area (Å²) < 4.78 is 20.4. The van der Waals surface area contributed by atoms with E-state index in [-0.39, 0.29) is 5.82 Å². The molecule has 2 heterocycles. The minimum Gasteiger partial charge on any atom is -0.455 e. The highest BCUT2D eigenvalue weighted by Gasteiger charge is 2.20. The number of benzene rings is 3. The predicted molar refractivity (Wildman–Crippen MR) is 128 cm³/mol. The fourth-order valence-electron chi connectivity index (χ4n) is 4.17. The van der Waals surface area contributed by atoms with Crippen molar-refractivity contribution in [2.24, 2.45) is 0 Å². The van der Waals surface area contributed by atoms with Gasteiger partial charge < -0.3 is 4.42 Å². The Morgan fingerprint density at radius 1 is 0.833 bits per heavy atom. The first-order valence-corrected chi connectivity index (χ1v) is 12.8. The highest BCUT2D eigenvalue weighted by molar-refractivity contribution is 8.32. The molecule has 152 valence electrons. The van der Waals surface area contributed by atoms with Crippen molar-refractivity contribution < 1.29 is 8.81 Å². The van der Waals surface area contributed by atoms with Crippen molar-refractivity contribution in [3.8, 4) is 11.3 Å². The van der Waals surface area contributed by atoms with Crippen molar-refractivity contribution >= 4 is 42.9 Å². The van der Waals surface area contributed by atoms with E-state index in [1.54, 1.807) is 6.92 Å². The fraction of sp³-hybridized carbons (Fsp3) is 0.192. The quantitative estimate of drug-likeness (QED) is 0.295. The molecule has 0 spiro atoms. The van der Waals surface area contributed by atoms with Crippen LogP contribution in [0.2, 0.25) is 0 Å². The lowest BCUT2D eigenvalue weighted by molar-refractivity contribution is 0.608. The minimum atomic E-state index is -0.980. The second-order valence-electron chi connectivity index (χ2n) is 8.70. The number of aromatic nitrogens is 1. The molecule has 2 nitrogen and oxygen atoms in total. The van der Waals surface area contributed by atoms with E-state index in [9.17, 15) is 4.39 Å². The highest BCUT2D eigenvalue weighted by atomic mass is 32.3. The Labute approximate surface area is 177 Å². The van der Waals surface area contributed by atoms with E-state index < -0.39 is 10.0 Å². The molecule has 0 N–H and O–H groups in total. The van der Waals surface area contributed by atoms with Crippen LogP contribution in [0.1, 0.15) is 11.1 Å². The summed E-state index contributed by atoms with van der Waals surface area (Å²) in [4.78, 5) is 6.33. The maximum Gasteiger partial charge on any atom is 0.144 e. The molecule has 0 bridgehead atoms. The van der Waals surface area contributed by atoms with Gasteiger partial charge in [0.05, 0.1) is 11.2 Å². The third kappa shape index (κ3) is 2.90. The topological polar surface area (TPSA) is 26.0 Å². The molecular formula is C26H24FNOS. The van der Waals surface area contributed by atoms with Gasteiger partial charge in [0, 0.05) is 32.2 Å². The minimum absolute atomic E-state index is 0.248. The Hall–Kier alpha value is -2.85. The molecule has 4 heteroatoms. The van der Waals surface area contributed by atoms with Crippen LogP contribution in [0.4, 0.5) is 4.39 Å². The monoisotopic (exact) mass is 417 g/mol. The molecule has 0 atom stereocenters. The largest absolute Gasteiger partial charge is 0.455 e. The van der Waals surface area contributed by atoms with Crippen molar-refractivity contribution in [2.45, 2.75) is 18.7 Å². The summed E-state index contributed by atoms with van der Waals surface area (Å²) in [5, 5.41) is 3.15. The number of aryl methyl sites for hydroxylation is 2. The first-order valence-electron chi connectivity index (χ1n) is 9.94. The number of halogens is 1. The van der Waals surface area contributed by atoms with Crippen molar-refractivity contribution in [3.05, 3.63) is 71.5 Å². The summed E-state index contributed by atoms with van der Waals surface area (Å²) in [6.07, 6.45) is 6.91. The van der Waals surface area contributed by atoms with Gasteiger partial charge in [0.1, 0.15) is 17.0 Å². The standard InChI is InChI=1S/C26H24FNOS/c1-15-12-19-17-10-11-21(27)16(2)25(17)29-26(19)20(13-15)23-14-24(30(3,4)5)18-8-6-7-9-22(18)28-23/h6-14H,1-5H3. The normalized spacial score (nSPS) is 12.9. The van der Waals surface area contributed by atoms with Crippen LogP contribution in [0, 0.1) is 19.7 Å². The van der Waals surface area contributed by atoms with Crippen LogP contribution < -0.4 is 0 Å². The van der Waals surface area contributed by atoms with Gasteiger partial charge in [-0.25, -0.2) is 19.4 Å². The zero-order valence-corrected chi connectivity index (χ0v) is 18.7. The van der Waals surface area contributed by atoms with Gasteiger partial charge in [0.2, 0.25) is 0 Å². The number of para-hydroxylation sites is 1. The molecule has 5 aromatic rings. The number of fused-ring (bicyclic) bond motifs is 4. The summed E-state index contributed by atoms with van der Waals surface area (Å²) in [6.45, 7) is 3.84. The van der Waals surface area contributed by atoms with Crippen LogP contribution in [-0.4, -0.2) is 23.8 Å². The molecule has 0 saturated carbocycles. The van der Waals surface area contributed by atoms with E-state index in [1.165, 1.54) is 16.3 Å². The molecule has 0 aliphatic carbocycles. The van der Waals surface area contributed by atoms with E-state index in [0.717, 1.165) is 38.7 Å². The van der Waals surface area contributed by atoms with Crippen LogP contribution in [0.25, 0.3) is 44.1 Å². The van der Waals surface area contributed by atoms with E-state index >= 15 is 0 Å². The first kappa shape index (κ1) is 19.1. The molecule has 30 heavy (non-hydrogen) atoms. The van der Waals surface area contributed by atoms with Gasteiger partial charge in [-0.2, -0.15) is 0 Å². The van der Waals surface area contributed by atoms with Gasteiger partial charge in [0.15, 0.2) is 0 Å². The second kappa shape index (κ2) is 6.58. The SMILES string of the molecule is Cc1cc(-c2cc(S(C)(C)C)c3ccccc3n2)c2oc3c(C)c(F)ccc3c2c1. The van der Waals surface area contributed by atoms with Crippen molar-refractivity contribution in [2.75, 3.05) is 18.8 Å². The maximum absolute atomic E-state index is 14.2. The van der Waals surface area contributed by atoms with Crippen molar-refractivity contribution in [1.82, 2.24) is 4.98 Å². The van der Waals surface area contributed by atoms with Crippen LogP contribution in [0.15, 0.2) is 63.9 Å². The smallest absolute Gasteiger partial charge is 0.144 e. The zero-order chi connectivity index (χ0) is 21.2. The maximum atomic E-state index is 14.2. The number of hydrogen-bond donors (Lipinski definition) is 0. The molecule has 0 amide bonds. The lowest BCUT2D eigenvalue weighted by Gasteiger charge is -2.28. The third-order valence-electron chi connectivity index (χ3n) is 5.68. The van der Waals surface area contributed by atoms with Crippen molar-refractivity contribution in [1.29, 1.82) is 0 Å². The molecule has 3 aromatic carbocycles. The molecule has 0 unspecified atom stereocenters. The van der Waals surface area contributed by atoms with E-state index in [0.29, 0.717) is 11.1 Å². The molecule has 0 aliphatic heterocycles. The lowest BCUT2D eigenvalue weighted by Crippen LogP contribution is -1.98. The Morgan fingerprint density at radius 2 is 1.60 bits per heavy atom.